The Morgan fingerprint density at radius 1 is 1.42 bits per heavy atom. The number of ketones is 1. The molecule has 1 aromatic carbocycles. The van der Waals surface area contributed by atoms with Crippen LogP contribution >= 0.6 is 0 Å². The van der Waals surface area contributed by atoms with E-state index in [2.05, 4.69) is 5.16 Å². The van der Waals surface area contributed by atoms with Crippen molar-refractivity contribution in [1.82, 2.24) is 0 Å². The zero-order valence-electron chi connectivity index (χ0n) is 11.1. The molecule has 4 heteroatoms. The monoisotopic (exact) mass is 261 g/mol. The number of methoxy groups -OCH3 is 1. The van der Waals surface area contributed by atoms with E-state index in [1.165, 1.54) is 0 Å². The van der Waals surface area contributed by atoms with E-state index < -0.39 is 0 Å². The van der Waals surface area contributed by atoms with Crippen LogP contribution in [-0.4, -0.2) is 23.8 Å². The predicted molar refractivity (Wildman–Crippen MR) is 73.1 cm³/mol. The molecule has 0 bridgehead atoms. The number of rotatable bonds is 5. The average Bonchev–Trinajstić information content (AvgIpc) is 2.92. The molecule has 1 N–H and O–H groups in total. The molecule has 0 amide bonds. The van der Waals surface area contributed by atoms with Gasteiger partial charge in [-0.05, 0) is 49.9 Å². The molecule has 0 radical (unpaired) electrons. The third kappa shape index (κ3) is 3.34. The van der Waals surface area contributed by atoms with Gasteiger partial charge >= 0.3 is 0 Å². The van der Waals surface area contributed by atoms with Gasteiger partial charge in [-0.3, -0.25) is 4.79 Å². The summed E-state index contributed by atoms with van der Waals surface area (Å²) in [5.41, 5.74) is 1.56. The number of Topliss-reactive ketones (excluding diaryl/α,β-unsaturated/α-hetero) is 1. The molecule has 0 spiro atoms. The summed E-state index contributed by atoms with van der Waals surface area (Å²) in [7, 11) is 1.60. The molecule has 19 heavy (non-hydrogen) atoms. The summed E-state index contributed by atoms with van der Waals surface area (Å²) in [6.07, 6.45) is 4.20. The predicted octanol–water partition coefficient (Wildman–Crippen LogP) is 3.29. The van der Waals surface area contributed by atoms with Crippen LogP contribution in [0.2, 0.25) is 0 Å². The fourth-order valence-corrected chi connectivity index (χ4v) is 2.57. The van der Waals surface area contributed by atoms with Crippen molar-refractivity contribution in [3.8, 4) is 5.75 Å². The normalized spacial score (nSPS) is 20.7. The molecular weight excluding hydrogens is 242 g/mol. The van der Waals surface area contributed by atoms with Crippen molar-refractivity contribution in [3.63, 3.8) is 0 Å². The first-order valence-corrected chi connectivity index (χ1v) is 6.62. The van der Waals surface area contributed by atoms with Crippen LogP contribution in [-0.2, 0) is 0 Å². The van der Waals surface area contributed by atoms with Crippen LogP contribution in [0.5, 0.6) is 5.75 Å². The van der Waals surface area contributed by atoms with Gasteiger partial charge in [-0.2, -0.15) is 0 Å². The minimum atomic E-state index is 0.131. The molecule has 0 aliphatic heterocycles. The van der Waals surface area contributed by atoms with Crippen molar-refractivity contribution < 1.29 is 14.7 Å². The topological polar surface area (TPSA) is 58.9 Å². The molecular formula is C15H19NO3. The first-order valence-electron chi connectivity index (χ1n) is 6.62. The lowest BCUT2D eigenvalue weighted by molar-refractivity contribution is 0.0976. The van der Waals surface area contributed by atoms with Gasteiger partial charge in [0.05, 0.1) is 12.8 Å². The van der Waals surface area contributed by atoms with E-state index in [9.17, 15) is 4.79 Å². The van der Waals surface area contributed by atoms with Gasteiger partial charge in [-0.15, -0.1) is 0 Å². The highest BCUT2D eigenvalue weighted by Crippen LogP contribution is 2.27. The van der Waals surface area contributed by atoms with Gasteiger partial charge in [0.25, 0.3) is 0 Å². The minimum absolute atomic E-state index is 0.131. The Balaban J connectivity index is 1.90. The number of nitrogens with zero attached hydrogens (tertiary/aromatic N) is 1. The van der Waals surface area contributed by atoms with Gasteiger partial charge in [0.15, 0.2) is 5.78 Å². The highest BCUT2D eigenvalue weighted by atomic mass is 16.5. The third-order valence-electron chi connectivity index (χ3n) is 3.72. The Bertz CT molecular complexity index is 465. The Labute approximate surface area is 113 Å². The summed E-state index contributed by atoms with van der Waals surface area (Å²) in [4.78, 5) is 12.1. The number of carbonyl (C=O) groups excluding carboxylic acids is 1. The molecule has 0 heterocycles. The summed E-state index contributed by atoms with van der Waals surface area (Å²) in [6, 6.07) is 7.17. The smallest absolute Gasteiger partial charge is 0.162 e. The van der Waals surface area contributed by atoms with E-state index in [-0.39, 0.29) is 11.7 Å². The summed E-state index contributed by atoms with van der Waals surface area (Å²) in [6.45, 7) is 0. The van der Waals surface area contributed by atoms with Crippen molar-refractivity contribution >= 4 is 11.5 Å². The molecule has 4 nitrogen and oxygen atoms in total. The molecule has 1 unspecified atom stereocenters. The molecule has 102 valence electrons. The Kier molecular flexibility index (Phi) is 4.55. The highest BCUT2D eigenvalue weighted by Gasteiger charge is 2.23. The van der Waals surface area contributed by atoms with Crippen LogP contribution in [0, 0.1) is 5.92 Å². The van der Waals surface area contributed by atoms with E-state index in [1.54, 1.807) is 31.4 Å². The maximum atomic E-state index is 12.1. The summed E-state index contributed by atoms with van der Waals surface area (Å²) >= 11 is 0. The van der Waals surface area contributed by atoms with Crippen molar-refractivity contribution in [2.24, 2.45) is 11.1 Å². The maximum absolute atomic E-state index is 12.1. The quantitative estimate of drug-likeness (QED) is 0.502. The van der Waals surface area contributed by atoms with Crippen LogP contribution in [0.4, 0.5) is 0 Å². The molecule has 0 aromatic heterocycles. The van der Waals surface area contributed by atoms with Crippen molar-refractivity contribution in [1.29, 1.82) is 0 Å². The first-order chi connectivity index (χ1) is 9.24. The van der Waals surface area contributed by atoms with Crippen LogP contribution < -0.4 is 4.74 Å². The third-order valence-corrected chi connectivity index (χ3v) is 3.72. The van der Waals surface area contributed by atoms with Crippen LogP contribution in [0.15, 0.2) is 29.4 Å². The Morgan fingerprint density at radius 2 is 2.16 bits per heavy atom. The number of carbonyl (C=O) groups is 1. The zero-order valence-corrected chi connectivity index (χ0v) is 11.1. The largest absolute Gasteiger partial charge is 0.497 e. The second kappa shape index (κ2) is 6.36. The molecule has 1 aromatic rings. The number of ether oxygens (including phenoxy) is 1. The van der Waals surface area contributed by atoms with E-state index in [0.717, 1.165) is 37.1 Å². The number of oxime groups is 1. The van der Waals surface area contributed by atoms with E-state index in [0.29, 0.717) is 12.0 Å². The van der Waals surface area contributed by atoms with Gasteiger partial charge in [-0.25, -0.2) is 0 Å². The molecule has 2 rings (SSSR count). The van der Waals surface area contributed by atoms with E-state index in [1.807, 2.05) is 0 Å². The second-order valence-corrected chi connectivity index (χ2v) is 4.87. The summed E-state index contributed by atoms with van der Waals surface area (Å²) in [5.74, 6) is 1.15. The summed E-state index contributed by atoms with van der Waals surface area (Å²) < 4.78 is 5.06. The number of hydrogen-bond donors (Lipinski definition) is 1. The van der Waals surface area contributed by atoms with Crippen molar-refractivity contribution in [3.05, 3.63) is 29.8 Å². The van der Waals surface area contributed by atoms with Crippen molar-refractivity contribution in [2.75, 3.05) is 7.11 Å². The summed E-state index contributed by atoms with van der Waals surface area (Å²) in [5, 5.41) is 12.2. The fraction of sp³-hybridized carbons (Fsp3) is 0.467. The molecule has 1 atom stereocenters. The van der Waals surface area contributed by atoms with E-state index in [4.69, 9.17) is 9.94 Å². The minimum Gasteiger partial charge on any atom is -0.497 e. The molecule has 1 aliphatic carbocycles. The lowest BCUT2D eigenvalue weighted by Crippen LogP contribution is -2.10. The lowest BCUT2D eigenvalue weighted by Gasteiger charge is -2.09. The zero-order chi connectivity index (χ0) is 13.7. The van der Waals surface area contributed by atoms with Gasteiger partial charge in [0, 0.05) is 17.9 Å². The Hall–Kier alpha value is -1.84. The van der Waals surface area contributed by atoms with Crippen LogP contribution in [0.3, 0.4) is 0 Å². The maximum Gasteiger partial charge on any atom is 0.162 e. The number of benzene rings is 1. The van der Waals surface area contributed by atoms with Crippen LogP contribution in [0.25, 0.3) is 0 Å². The Morgan fingerprint density at radius 3 is 2.79 bits per heavy atom. The highest BCUT2D eigenvalue weighted by molar-refractivity contribution is 5.96. The molecule has 0 saturated heterocycles. The van der Waals surface area contributed by atoms with Gasteiger partial charge in [0.2, 0.25) is 0 Å². The first kappa shape index (κ1) is 13.6. The second-order valence-electron chi connectivity index (χ2n) is 4.87. The SMILES string of the molecule is COc1ccc(C(=O)CCC2CCC/C2=N\O)cc1. The molecule has 1 fully saturated rings. The van der Waals surface area contributed by atoms with Gasteiger partial charge < -0.3 is 9.94 Å². The average molecular weight is 261 g/mol. The van der Waals surface area contributed by atoms with Crippen LogP contribution in [0.1, 0.15) is 42.5 Å². The lowest BCUT2D eigenvalue weighted by atomic mass is 9.96. The van der Waals surface area contributed by atoms with Crippen molar-refractivity contribution in [2.45, 2.75) is 32.1 Å². The van der Waals surface area contributed by atoms with E-state index >= 15 is 0 Å². The van der Waals surface area contributed by atoms with Gasteiger partial charge in [0.1, 0.15) is 5.75 Å². The fourth-order valence-electron chi connectivity index (χ4n) is 2.57. The standard InChI is InChI=1S/C15H19NO3/c1-19-13-8-5-12(6-9-13)15(17)10-7-11-3-2-4-14(11)16-18/h5-6,8-9,11,18H,2-4,7,10H2,1H3/b16-14+. The van der Waals surface area contributed by atoms with Gasteiger partial charge in [-0.1, -0.05) is 5.16 Å². The molecule has 1 saturated carbocycles. The number of hydrogen-bond acceptors (Lipinski definition) is 4. The molecule has 1 aliphatic rings.